The van der Waals surface area contributed by atoms with Crippen LogP contribution in [0.4, 0.5) is 0 Å². The van der Waals surface area contributed by atoms with Crippen LogP contribution < -0.4 is 10.6 Å². The Kier molecular flexibility index (Phi) is 7.20. The van der Waals surface area contributed by atoms with Gasteiger partial charge in [0.25, 0.3) is 5.91 Å². The highest BCUT2D eigenvalue weighted by Gasteiger charge is 2.19. The van der Waals surface area contributed by atoms with E-state index in [4.69, 9.17) is 5.26 Å². The molecule has 0 aliphatic rings. The highest BCUT2D eigenvalue weighted by Crippen LogP contribution is 2.21. The van der Waals surface area contributed by atoms with Gasteiger partial charge < -0.3 is 10.6 Å². The molecule has 5 nitrogen and oxygen atoms in total. The van der Waals surface area contributed by atoms with E-state index < -0.39 is 0 Å². The normalized spacial score (nSPS) is 11.2. The summed E-state index contributed by atoms with van der Waals surface area (Å²) in [6, 6.07) is 20.4. The topological polar surface area (TPSA) is 82.0 Å². The van der Waals surface area contributed by atoms with Crippen LogP contribution in [0.1, 0.15) is 34.7 Å². The van der Waals surface area contributed by atoms with Crippen LogP contribution in [0.15, 0.2) is 60.7 Å². The van der Waals surface area contributed by atoms with Crippen LogP contribution in [0.25, 0.3) is 0 Å². The van der Waals surface area contributed by atoms with Crippen LogP contribution in [0.2, 0.25) is 0 Å². The van der Waals surface area contributed by atoms with Crippen molar-refractivity contribution in [1.82, 2.24) is 10.6 Å². The van der Waals surface area contributed by atoms with Crippen molar-refractivity contribution in [1.29, 1.82) is 5.26 Å². The summed E-state index contributed by atoms with van der Waals surface area (Å²) >= 11 is 0. The predicted octanol–water partition coefficient (Wildman–Crippen LogP) is 2.62. The molecule has 2 amide bonds. The van der Waals surface area contributed by atoms with E-state index in [0.717, 1.165) is 5.56 Å². The summed E-state index contributed by atoms with van der Waals surface area (Å²) in [4.78, 5) is 24.3. The first-order valence-electron chi connectivity index (χ1n) is 8.25. The molecule has 25 heavy (non-hydrogen) atoms. The Morgan fingerprint density at radius 1 is 0.960 bits per heavy atom. The Morgan fingerprint density at radius 3 is 2.24 bits per heavy atom. The lowest BCUT2D eigenvalue weighted by Gasteiger charge is -2.16. The van der Waals surface area contributed by atoms with Crippen molar-refractivity contribution in [3.8, 4) is 6.07 Å². The summed E-state index contributed by atoms with van der Waals surface area (Å²) in [5, 5.41) is 14.1. The molecule has 0 saturated heterocycles. The molecule has 1 unspecified atom stereocenters. The van der Waals surface area contributed by atoms with Gasteiger partial charge in [-0.3, -0.25) is 9.59 Å². The molecule has 0 spiro atoms. The van der Waals surface area contributed by atoms with Gasteiger partial charge >= 0.3 is 0 Å². The van der Waals surface area contributed by atoms with Crippen LogP contribution in [0, 0.1) is 11.3 Å². The van der Waals surface area contributed by atoms with Crippen LogP contribution in [-0.4, -0.2) is 24.9 Å². The summed E-state index contributed by atoms with van der Waals surface area (Å²) in [6.45, 7) is 0.482. The highest BCUT2D eigenvalue weighted by molar-refractivity contribution is 5.94. The smallest absolute Gasteiger partial charge is 0.251 e. The molecule has 128 valence electrons. The van der Waals surface area contributed by atoms with Crippen molar-refractivity contribution in [2.45, 2.75) is 18.8 Å². The second-order valence-electron chi connectivity index (χ2n) is 5.60. The van der Waals surface area contributed by atoms with E-state index >= 15 is 0 Å². The summed E-state index contributed by atoms with van der Waals surface area (Å²) in [5.41, 5.74) is 1.53. The Labute approximate surface area is 147 Å². The largest absolute Gasteiger partial charge is 0.352 e. The lowest BCUT2D eigenvalue weighted by Crippen LogP contribution is -2.31. The second-order valence-corrected chi connectivity index (χ2v) is 5.60. The molecule has 2 N–H and O–H groups in total. The van der Waals surface area contributed by atoms with E-state index in [-0.39, 0.29) is 24.3 Å². The van der Waals surface area contributed by atoms with Crippen molar-refractivity contribution < 1.29 is 9.59 Å². The maximum atomic E-state index is 12.3. The van der Waals surface area contributed by atoms with Gasteiger partial charge in [0.05, 0.1) is 12.0 Å². The minimum absolute atomic E-state index is 0.00703. The highest BCUT2D eigenvalue weighted by atomic mass is 16.2. The molecule has 1 atom stereocenters. The Morgan fingerprint density at radius 2 is 1.60 bits per heavy atom. The monoisotopic (exact) mass is 335 g/mol. The maximum absolute atomic E-state index is 12.3. The van der Waals surface area contributed by atoms with Gasteiger partial charge in [0.15, 0.2) is 0 Å². The predicted molar refractivity (Wildman–Crippen MR) is 95.8 cm³/mol. The van der Waals surface area contributed by atoms with Gasteiger partial charge in [0.2, 0.25) is 5.91 Å². The van der Waals surface area contributed by atoms with Crippen molar-refractivity contribution in [3.05, 3.63) is 71.8 Å². The number of amides is 2. The van der Waals surface area contributed by atoms with Gasteiger partial charge in [0.1, 0.15) is 6.54 Å². The number of benzene rings is 2. The number of nitriles is 1. The van der Waals surface area contributed by atoms with Crippen molar-refractivity contribution in [2.24, 2.45) is 0 Å². The minimum atomic E-state index is -0.330. The van der Waals surface area contributed by atoms with Crippen LogP contribution >= 0.6 is 0 Å². The van der Waals surface area contributed by atoms with E-state index in [1.807, 2.05) is 54.6 Å². The first-order valence-corrected chi connectivity index (χ1v) is 8.25. The molecule has 0 radical (unpaired) electrons. The zero-order chi connectivity index (χ0) is 17.9. The minimum Gasteiger partial charge on any atom is -0.352 e. The molecule has 2 rings (SSSR count). The Bertz CT molecular complexity index is 724. The molecule has 5 heteroatoms. The van der Waals surface area contributed by atoms with Crippen LogP contribution in [-0.2, 0) is 4.79 Å². The summed E-state index contributed by atoms with van der Waals surface area (Å²) in [7, 11) is 0. The second kappa shape index (κ2) is 9.89. The van der Waals surface area contributed by atoms with E-state index in [1.54, 1.807) is 12.1 Å². The fourth-order valence-corrected chi connectivity index (χ4v) is 2.58. The molecule has 0 aliphatic heterocycles. The third-order valence-corrected chi connectivity index (χ3v) is 3.85. The maximum Gasteiger partial charge on any atom is 0.251 e. The SMILES string of the molecule is N#CCNC(=O)C(CCCNC(=O)c1ccccc1)c1ccccc1. The number of hydrogen-bond donors (Lipinski definition) is 2. The van der Waals surface area contributed by atoms with Gasteiger partial charge in [-0.25, -0.2) is 0 Å². The summed E-state index contributed by atoms with van der Waals surface area (Å²) in [6.07, 6.45) is 1.26. The third-order valence-electron chi connectivity index (χ3n) is 3.85. The van der Waals surface area contributed by atoms with E-state index in [1.165, 1.54) is 0 Å². The number of carbonyl (C=O) groups is 2. The molecule has 0 aromatic heterocycles. The molecular formula is C20H21N3O2. The van der Waals surface area contributed by atoms with Gasteiger partial charge in [-0.1, -0.05) is 48.5 Å². The lowest BCUT2D eigenvalue weighted by molar-refractivity contribution is -0.122. The van der Waals surface area contributed by atoms with Crippen molar-refractivity contribution >= 4 is 11.8 Å². The van der Waals surface area contributed by atoms with Gasteiger partial charge in [-0.15, -0.1) is 0 Å². The number of rotatable bonds is 8. The van der Waals surface area contributed by atoms with Crippen LogP contribution in [0.5, 0.6) is 0 Å². The van der Waals surface area contributed by atoms with E-state index in [2.05, 4.69) is 10.6 Å². The standard InChI is InChI=1S/C20H21N3O2/c21-13-15-23-20(25)18(16-8-3-1-4-9-16)12-7-14-22-19(24)17-10-5-2-6-11-17/h1-6,8-11,18H,7,12,14-15H2,(H,22,24)(H,23,25). The quantitative estimate of drug-likeness (QED) is 0.575. The van der Waals surface area contributed by atoms with Crippen molar-refractivity contribution in [2.75, 3.05) is 13.1 Å². The Hall–Kier alpha value is -3.13. The third kappa shape index (κ3) is 5.78. The van der Waals surface area contributed by atoms with E-state index in [9.17, 15) is 9.59 Å². The number of nitrogens with zero attached hydrogens (tertiary/aromatic N) is 1. The van der Waals surface area contributed by atoms with Gasteiger partial charge in [0, 0.05) is 12.1 Å². The first-order chi connectivity index (χ1) is 12.2. The molecule has 0 aliphatic carbocycles. The molecule has 0 fully saturated rings. The summed E-state index contributed by atoms with van der Waals surface area (Å²) < 4.78 is 0. The molecule has 2 aromatic carbocycles. The first kappa shape index (κ1) is 18.2. The molecular weight excluding hydrogens is 314 g/mol. The molecule has 0 heterocycles. The number of hydrogen-bond acceptors (Lipinski definition) is 3. The lowest BCUT2D eigenvalue weighted by atomic mass is 9.93. The molecule has 0 bridgehead atoms. The van der Waals surface area contributed by atoms with Gasteiger partial charge in [-0.2, -0.15) is 5.26 Å². The van der Waals surface area contributed by atoms with E-state index in [0.29, 0.717) is 24.9 Å². The summed E-state index contributed by atoms with van der Waals surface area (Å²) in [5.74, 6) is -0.615. The Balaban J connectivity index is 1.88. The average Bonchev–Trinajstić information content (AvgIpc) is 2.67. The number of nitrogens with one attached hydrogen (secondary N) is 2. The molecule has 0 saturated carbocycles. The van der Waals surface area contributed by atoms with Gasteiger partial charge in [-0.05, 0) is 30.5 Å². The molecule has 2 aromatic rings. The van der Waals surface area contributed by atoms with Crippen LogP contribution in [0.3, 0.4) is 0 Å². The zero-order valence-electron chi connectivity index (χ0n) is 13.9. The average molecular weight is 335 g/mol. The zero-order valence-corrected chi connectivity index (χ0v) is 13.9. The van der Waals surface area contributed by atoms with Crippen molar-refractivity contribution in [3.63, 3.8) is 0 Å². The fourth-order valence-electron chi connectivity index (χ4n) is 2.58. The fraction of sp³-hybridized carbons (Fsp3) is 0.250. The number of carbonyl (C=O) groups excluding carboxylic acids is 2.